The Hall–Kier alpha value is -2.93. The van der Waals surface area contributed by atoms with Gasteiger partial charge in [-0.1, -0.05) is 30.3 Å². The highest BCUT2D eigenvalue weighted by atomic mass is 16.3. The highest BCUT2D eigenvalue weighted by molar-refractivity contribution is 5.99. The Morgan fingerprint density at radius 1 is 1.19 bits per heavy atom. The molecule has 0 spiro atoms. The Bertz CT molecular complexity index is 870. The summed E-state index contributed by atoms with van der Waals surface area (Å²) in [6.45, 7) is 0.257. The number of hydrogen-bond donors (Lipinski definition) is 3. The van der Waals surface area contributed by atoms with Crippen LogP contribution in [0.25, 0.3) is 0 Å². The van der Waals surface area contributed by atoms with E-state index in [0.29, 0.717) is 12.8 Å². The van der Waals surface area contributed by atoms with Crippen molar-refractivity contribution >= 4 is 11.8 Å². The molecule has 7 nitrogen and oxygen atoms in total. The first-order chi connectivity index (χ1) is 12.5. The monoisotopic (exact) mass is 355 g/mol. The van der Waals surface area contributed by atoms with Gasteiger partial charge >= 0.3 is 0 Å². The Morgan fingerprint density at radius 2 is 1.88 bits per heavy atom. The van der Waals surface area contributed by atoms with E-state index in [4.69, 9.17) is 0 Å². The topological polar surface area (TPSA) is 100 Å². The van der Waals surface area contributed by atoms with Crippen molar-refractivity contribution in [1.29, 1.82) is 0 Å². The Balaban J connectivity index is 1.93. The van der Waals surface area contributed by atoms with Gasteiger partial charge in [0.25, 0.3) is 17.4 Å². The van der Waals surface area contributed by atoms with Crippen LogP contribution >= 0.6 is 0 Å². The van der Waals surface area contributed by atoms with E-state index in [1.807, 2.05) is 30.3 Å². The lowest BCUT2D eigenvalue weighted by atomic mass is 9.89. The van der Waals surface area contributed by atoms with Crippen LogP contribution in [0, 0.1) is 0 Å². The molecule has 1 aromatic carbocycles. The van der Waals surface area contributed by atoms with Gasteiger partial charge in [-0.25, -0.2) is 0 Å². The maximum atomic E-state index is 12.6. The van der Waals surface area contributed by atoms with Gasteiger partial charge in [0.15, 0.2) is 0 Å². The van der Waals surface area contributed by atoms with E-state index in [0.717, 1.165) is 5.56 Å². The van der Waals surface area contributed by atoms with Crippen molar-refractivity contribution in [2.24, 2.45) is 0 Å². The number of nitrogens with zero attached hydrogens (tertiary/aromatic N) is 1. The number of aliphatic hydroxyl groups excluding tert-OH is 1. The molecule has 3 N–H and O–H groups in total. The number of nitrogens with one attached hydrogen (secondary N) is 2. The number of benzene rings is 1. The molecule has 2 amide bonds. The van der Waals surface area contributed by atoms with E-state index in [2.05, 4.69) is 10.6 Å². The van der Waals surface area contributed by atoms with Crippen molar-refractivity contribution in [3.05, 3.63) is 69.6 Å². The molecule has 1 fully saturated rings. The Morgan fingerprint density at radius 3 is 2.50 bits per heavy atom. The fraction of sp³-hybridized carbons (Fsp3) is 0.316. The summed E-state index contributed by atoms with van der Waals surface area (Å²) in [6.07, 6.45) is 2.11. The van der Waals surface area contributed by atoms with Gasteiger partial charge in [0, 0.05) is 19.3 Å². The van der Waals surface area contributed by atoms with Crippen LogP contribution in [0.2, 0.25) is 0 Å². The van der Waals surface area contributed by atoms with E-state index in [-0.39, 0.29) is 35.7 Å². The molecule has 0 aliphatic heterocycles. The predicted molar refractivity (Wildman–Crippen MR) is 96.1 cm³/mol. The number of pyridine rings is 1. The first kappa shape index (κ1) is 17.9. The van der Waals surface area contributed by atoms with Crippen LogP contribution in [0.15, 0.2) is 47.4 Å². The molecule has 0 saturated heterocycles. The van der Waals surface area contributed by atoms with Crippen LogP contribution in [0.3, 0.4) is 0 Å². The van der Waals surface area contributed by atoms with E-state index in [1.165, 1.54) is 23.9 Å². The molecule has 7 heteroatoms. The Labute approximate surface area is 150 Å². The zero-order valence-corrected chi connectivity index (χ0v) is 14.4. The summed E-state index contributed by atoms with van der Waals surface area (Å²) in [5, 5.41) is 14.6. The third kappa shape index (κ3) is 3.83. The lowest BCUT2D eigenvalue weighted by molar-refractivity contribution is 0.0562. The van der Waals surface area contributed by atoms with Gasteiger partial charge in [-0.15, -0.1) is 0 Å². The SMILES string of the molecule is CNC(=O)c1cc(C(=O)N[C@H]2C[C@@H](O)C2)cn(Cc2ccccc2)c1=O. The van der Waals surface area contributed by atoms with Gasteiger partial charge in [0.05, 0.1) is 18.2 Å². The quantitative estimate of drug-likeness (QED) is 0.727. The largest absolute Gasteiger partial charge is 0.393 e. The third-order valence-corrected chi connectivity index (χ3v) is 4.46. The smallest absolute Gasteiger partial charge is 0.263 e. The molecule has 2 aromatic rings. The van der Waals surface area contributed by atoms with Gasteiger partial charge in [0.1, 0.15) is 5.56 Å². The maximum Gasteiger partial charge on any atom is 0.263 e. The molecule has 3 rings (SSSR count). The van der Waals surface area contributed by atoms with E-state index in [9.17, 15) is 19.5 Å². The predicted octanol–water partition coefficient (Wildman–Crippen LogP) is 0.509. The molecular weight excluding hydrogens is 334 g/mol. The summed E-state index contributed by atoms with van der Waals surface area (Å²) in [5.74, 6) is -0.903. The fourth-order valence-electron chi connectivity index (χ4n) is 2.93. The maximum absolute atomic E-state index is 12.6. The molecule has 136 valence electrons. The summed E-state index contributed by atoms with van der Waals surface area (Å²) in [4.78, 5) is 37.2. The average molecular weight is 355 g/mol. The van der Waals surface area contributed by atoms with Crippen molar-refractivity contribution in [3.63, 3.8) is 0 Å². The first-order valence-corrected chi connectivity index (χ1v) is 8.47. The standard InChI is InChI=1S/C19H21N3O4/c1-20-18(25)16-7-13(17(24)21-14-8-15(23)9-14)11-22(19(16)26)10-12-5-3-2-4-6-12/h2-7,11,14-15,23H,8-10H2,1H3,(H,20,25)(H,21,24)/t14-,15+. The number of aromatic nitrogens is 1. The molecule has 1 aliphatic carbocycles. The van der Waals surface area contributed by atoms with Crippen LogP contribution in [-0.4, -0.2) is 40.7 Å². The minimum Gasteiger partial charge on any atom is -0.393 e. The van der Waals surface area contributed by atoms with Crippen LogP contribution in [0.4, 0.5) is 0 Å². The summed E-state index contributed by atoms with van der Waals surface area (Å²) < 4.78 is 1.37. The van der Waals surface area contributed by atoms with Crippen molar-refractivity contribution in [2.45, 2.75) is 31.5 Å². The summed E-state index contributed by atoms with van der Waals surface area (Å²) >= 11 is 0. The minimum atomic E-state index is -0.537. The van der Waals surface area contributed by atoms with Crippen LogP contribution in [-0.2, 0) is 6.54 Å². The second kappa shape index (κ2) is 7.53. The molecule has 26 heavy (non-hydrogen) atoms. The molecule has 1 heterocycles. The molecule has 1 saturated carbocycles. The average Bonchev–Trinajstić information content (AvgIpc) is 2.62. The number of carbonyl (C=O) groups is 2. The lowest BCUT2D eigenvalue weighted by Crippen LogP contribution is -2.47. The van der Waals surface area contributed by atoms with E-state index < -0.39 is 11.5 Å². The van der Waals surface area contributed by atoms with Crippen LogP contribution in [0.1, 0.15) is 39.1 Å². The zero-order valence-electron chi connectivity index (χ0n) is 14.4. The van der Waals surface area contributed by atoms with Gasteiger partial charge < -0.3 is 20.3 Å². The second-order valence-electron chi connectivity index (χ2n) is 6.44. The molecule has 0 bridgehead atoms. The highest BCUT2D eigenvalue weighted by Crippen LogP contribution is 2.19. The molecule has 0 atom stereocenters. The number of hydrogen-bond acceptors (Lipinski definition) is 4. The normalized spacial score (nSPS) is 18.7. The summed E-state index contributed by atoms with van der Waals surface area (Å²) in [5.41, 5.74) is 0.589. The molecule has 1 aliphatic rings. The number of rotatable bonds is 5. The zero-order chi connectivity index (χ0) is 18.7. The molecular formula is C19H21N3O4. The minimum absolute atomic E-state index is 0.0790. The number of carbonyl (C=O) groups excluding carboxylic acids is 2. The molecule has 0 unspecified atom stereocenters. The fourth-order valence-corrected chi connectivity index (χ4v) is 2.93. The highest BCUT2D eigenvalue weighted by Gasteiger charge is 2.29. The van der Waals surface area contributed by atoms with Crippen molar-refractivity contribution in [3.8, 4) is 0 Å². The van der Waals surface area contributed by atoms with Crippen LogP contribution < -0.4 is 16.2 Å². The molecule has 0 radical (unpaired) electrons. The first-order valence-electron chi connectivity index (χ1n) is 8.47. The summed E-state index contributed by atoms with van der Waals surface area (Å²) in [6, 6.07) is 10.6. The van der Waals surface area contributed by atoms with Crippen molar-refractivity contribution in [2.75, 3.05) is 7.05 Å². The Kier molecular flexibility index (Phi) is 5.18. The third-order valence-electron chi connectivity index (χ3n) is 4.46. The van der Waals surface area contributed by atoms with Crippen LogP contribution in [0.5, 0.6) is 0 Å². The number of aliphatic hydroxyl groups is 1. The van der Waals surface area contributed by atoms with Gasteiger partial charge in [-0.3, -0.25) is 14.4 Å². The van der Waals surface area contributed by atoms with Gasteiger partial charge in [-0.2, -0.15) is 0 Å². The lowest BCUT2D eigenvalue weighted by Gasteiger charge is -2.32. The van der Waals surface area contributed by atoms with E-state index >= 15 is 0 Å². The molecule has 1 aromatic heterocycles. The van der Waals surface area contributed by atoms with Crippen molar-refractivity contribution < 1.29 is 14.7 Å². The number of amides is 2. The van der Waals surface area contributed by atoms with Crippen molar-refractivity contribution in [1.82, 2.24) is 15.2 Å². The van der Waals surface area contributed by atoms with E-state index in [1.54, 1.807) is 0 Å². The summed E-state index contributed by atoms with van der Waals surface area (Å²) in [7, 11) is 1.44. The van der Waals surface area contributed by atoms with Gasteiger partial charge in [-0.05, 0) is 24.5 Å². The second-order valence-corrected chi connectivity index (χ2v) is 6.44. The van der Waals surface area contributed by atoms with Gasteiger partial charge in [0.2, 0.25) is 0 Å².